The van der Waals surface area contributed by atoms with E-state index in [4.69, 9.17) is 23.2 Å². The van der Waals surface area contributed by atoms with E-state index < -0.39 is 0 Å². The van der Waals surface area contributed by atoms with E-state index in [1.807, 2.05) is 6.07 Å². The first-order valence-electron chi connectivity index (χ1n) is 4.57. The maximum absolute atomic E-state index is 12.9. The molecule has 2 rings (SSSR count). The molecule has 0 aliphatic heterocycles. The molecule has 0 unspecified atom stereocenters. The third-order valence-electron chi connectivity index (χ3n) is 2.03. The van der Waals surface area contributed by atoms with Crippen LogP contribution in [0.1, 0.15) is 11.3 Å². The highest BCUT2D eigenvalue weighted by Gasteiger charge is 2.04. The lowest BCUT2D eigenvalue weighted by Gasteiger charge is -2.01. The van der Waals surface area contributed by atoms with E-state index in [1.54, 1.807) is 12.1 Å². The van der Waals surface area contributed by atoms with Gasteiger partial charge in [-0.1, -0.05) is 35.3 Å². The summed E-state index contributed by atoms with van der Waals surface area (Å²) in [6.07, 6.45) is 0.474. The maximum Gasteiger partial charge on any atom is 0.170 e. The fraction of sp³-hybridized carbons (Fsp3) is 0.0909. The Morgan fingerprint density at radius 3 is 2.62 bits per heavy atom. The summed E-state index contributed by atoms with van der Waals surface area (Å²) >= 11 is 11.4. The van der Waals surface area contributed by atoms with Gasteiger partial charge >= 0.3 is 0 Å². The van der Waals surface area contributed by atoms with Crippen molar-refractivity contribution in [3.8, 4) is 0 Å². The maximum atomic E-state index is 12.9. The van der Waals surface area contributed by atoms with Gasteiger partial charge in [0.25, 0.3) is 0 Å². The summed E-state index contributed by atoms with van der Waals surface area (Å²) in [5, 5.41) is 8.08. The Hall–Kier alpha value is -1.19. The standard InChI is InChI=1S/C11H7Cl2FN2/c12-10-6-9(15-16-11(10)13)5-7-2-1-3-8(14)4-7/h1-4,6H,5H2. The minimum atomic E-state index is -0.273. The molecule has 0 radical (unpaired) electrons. The van der Waals surface area contributed by atoms with Crippen LogP contribution < -0.4 is 0 Å². The Bertz CT molecular complexity index is 517. The molecule has 0 bridgehead atoms. The lowest BCUT2D eigenvalue weighted by molar-refractivity contribution is 0.626. The van der Waals surface area contributed by atoms with Crippen LogP contribution in [0, 0.1) is 5.82 Å². The van der Waals surface area contributed by atoms with Crippen LogP contribution in [0.4, 0.5) is 4.39 Å². The zero-order chi connectivity index (χ0) is 11.5. The lowest BCUT2D eigenvalue weighted by atomic mass is 10.1. The molecule has 0 fully saturated rings. The minimum Gasteiger partial charge on any atom is -0.207 e. The molecule has 0 amide bonds. The summed E-state index contributed by atoms with van der Waals surface area (Å²) < 4.78 is 12.9. The molecule has 2 aromatic rings. The van der Waals surface area contributed by atoms with Crippen molar-refractivity contribution in [2.75, 3.05) is 0 Å². The topological polar surface area (TPSA) is 25.8 Å². The molecule has 0 atom stereocenters. The summed E-state index contributed by atoms with van der Waals surface area (Å²) in [7, 11) is 0. The third kappa shape index (κ3) is 2.68. The van der Waals surface area contributed by atoms with Crippen LogP contribution in [0.2, 0.25) is 10.2 Å². The van der Waals surface area contributed by atoms with Crippen LogP contribution in [0.15, 0.2) is 30.3 Å². The molecular weight excluding hydrogens is 250 g/mol. The van der Waals surface area contributed by atoms with Gasteiger partial charge in [0.05, 0.1) is 10.7 Å². The minimum absolute atomic E-state index is 0.171. The molecule has 16 heavy (non-hydrogen) atoms. The second kappa shape index (κ2) is 4.76. The van der Waals surface area contributed by atoms with E-state index in [-0.39, 0.29) is 11.0 Å². The van der Waals surface area contributed by atoms with Crippen LogP contribution in [-0.2, 0) is 6.42 Å². The van der Waals surface area contributed by atoms with Crippen molar-refractivity contribution in [3.63, 3.8) is 0 Å². The van der Waals surface area contributed by atoms with Crippen LogP contribution in [0.5, 0.6) is 0 Å². The van der Waals surface area contributed by atoms with E-state index in [1.165, 1.54) is 12.1 Å². The fourth-order valence-electron chi connectivity index (χ4n) is 1.33. The zero-order valence-electron chi connectivity index (χ0n) is 8.12. The molecule has 0 aliphatic carbocycles. The Morgan fingerprint density at radius 2 is 1.94 bits per heavy atom. The molecule has 5 heteroatoms. The first-order valence-corrected chi connectivity index (χ1v) is 5.33. The number of hydrogen-bond acceptors (Lipinski definition) is 2. The Kier molecular flexibility index (Phi) is 3.36. The van der Waals surface area contributed by atoms with Gasteiger partial charge in [0, 0.05) is 6.42 Å². The summed E-state index contributed by atoms with van der Waals surface area (Å²) in [6, 6.07) is 7.93. The molecule has 0 saturated carbocycles. The third-order valence-corrected chi connectivity index (χ3v) is 2.69. The highest BCUT2D eigenvalue weighted by Crippen LogP contribution is 2.19. The van der Waals surface area contributed by atoms with Gasteiger partial charge in [-0.15, -0.1) is 5.10 Å². The molecule has 1 heterocycles. The van der Waals surface area contributed by atoms with Gasteiger partial charge in [-0.3, -0.25) is 0 Å². The monoisotopic (exact) mass is 256 g/mol. The fourth-order valence-corrected chi connectivity index (χ4v) is 1.59. The number of aromatic nitrogens is 2. The van der Waals surface area contributed by atoms with E-state index in [2.05, 4.69) is 10.2 Å². The smallest absolute Gasteiger partial charge is 0.170 e. The molecule has 0 N–H and O–H groups in total. The van der Waals surface area contributed by atoms with Crippen molar-refractivity contribution < 1.29 is 4.39 Å². The van der Waals surface area contributed by atoms with Gasteiger partial charge in [-0.2, -0.15) is 5.10 Å². The van der Waals surface area contributed by atoms with Crippen LogP contribution in [0.3, 0.4) is 0 Å². The number of rotatable bonds is 2. The van der Waals surface area contributed by atoms with E-state index in [0.29, 0.717) is 17.1 Å². The van der Waals surface area contributed by atoms with Crippen LogP contribution >= 0.6 is 23.2 Å². The molecular formula is C11H7Cl2FN2. The number of nitrogens with zero attached hydrogens (tertiary/aromatic N) is 2. The predicted molar refractivity (Wildman–Crippen MR) is 61.3 cm³/mol. The van der Waals surface area contributed by atoms with Gasteiger partial charge < -0.3 is 0 Å². The van der Waals surface area contributed by atoms with Gasteiger partial charge in [0.15, 0.2) is 5.15 Å². The normalized spacial score (nSPS) is 10.4. The van der Waals surface area contributed by atoms with Crippen LogP contribution in [0.25, 0.3) is 0 Å². The van der Waals surface area contributed by atoms with Crippen molar-refractivity contribution in [1.82, 2.24) is 10.2 Å². The zero-order valence-corrected chi connectivity index (χ0v) is 9.63. The summed E-state index contributed by atoms with van der Waals surface area (Å²) in [5.74, 6) is -0.273. The molecule has 0 spiro atoms. The van der Waals surface area contributed by atoms with Crippen molar-refractivity contribution in [1.29, 1.82) is 0 Å². The molecule has 1 aromatic carbocycles. The second-order valence-electron chi connectivity index (χ2n) is 3.28. The predicted octanol–water partition coefficient (Wildman–Crippen LogP) is 3.51. The van der Waals surface area contributed by atoms with Crippen molar-refractivity contribution >= 4 is 23.2 Å². The largest absolute Gasteiger partial charge is 0.207 e. The second-order valence-corrected chi connectivity index (χ2v) is 4.05. The molecule has 2 nitrogen and oxygen atoms in total. The average molecular weight is 257 g/mol. The number of benzene rings is 1. The van der Waals surface area contributed by atoms with E-state index in [0.717, 1.165) is 5.56 Å². The number of hydrogen-bond donors (Lipinski definition) is 0. The Labute approximate surface area is 102 Å². The van der Waals surface area contributed by atoms with Crippen LogP contribution in [-0.4, -0.2) is 10.2 Å². The average Bonchev–Trinajstić information content (AvgIpc) is 2.24. The molecule has 82 valence electrons. The van der Waals surface area contributed by atoms with Crippen molar-refractivity contribution in [2.24, 2.45) is 0 Å². The van der Waals surface area contributed by atoms with Gasteiger partial charge in [-0.05, 0) is 23.8 Å². The Balaban J connectivity index is 2.24. The molecule has 1 aromatic heterocycles. The highest BCUT2D eigenvalue weighted by molar-refractivity contribution is 6.41. The Morgan fingerprint density at radius 1 is 1.12 bits per heavy atom. The van der Waals surface area contributed by atoms with E-state index >= 15 is 0 Å². The first kappa shape index (κ1) is 11.3. The lowest BCUT2D eigenvalue weighted by Crippen LogP contribution is -1.95. The summed E-state index contributed by atoms with van der Waals surface area (Å²) in [5.41, 5.74) is 1.47. The SMILES string of the molecule is Fc1cccc(Cc2cc(Cl)c(Cl)nn2)c1. The molecule has 0 saturated heterocycles. The molecule has 0 aliphatic rings. The number of halogens is 3. The van der Waals surface area contributed by atoms with Gasteiger partial charge in [-0.25, -0.2) is 4.39 Å². The van der Waals surface area contributed by atoms with E-state index in [9.17, 15) is 4.39 Å². The van der Waals surface area contributed by atoms with Gasteiger partial charge in [0.2, 0.25) is 0 Å². The summed E-state index contributed by atoms with van der Waals surface area (Å²) in [6.45, 7) is 0. The van der Waals surface area contributed by atoms with Crippen molar-refractivity contribution in [2.45, 2.75) is 6.42 Å². The van der Waals surface area contributed by atoms with Gasteiger partial charge in [0.1, 0.15) is 5.82 Å². The summed E-state index contributed by atoms with van der Waals surface area (Å²) in [4.78, 5) is 0. The highest BCUT2D eigenvalue weighted by atomic mass is 35.5. The quantitative estimate of drug-likeness (QED) is 0.822. The first-order chi connectivity index (χ1) is 7.65. The van der Waals surface area contributed by atoms with Crippen molar-refractivity contribution in [3.05, 3.63) is 57.6 Å².